The van der Waals surface area contributed by atoms with Gasteiger partial charge in [-0.2, -0.15) is 0 Å². The molecule has 1 amide bonds. The van der Waals surface area contributed by atoms with Crippen molar-refractivity contribution in [3.05, 3.63) is 51.9 Å². The second kappa shape index (κ2) is 6.13. The highest BCUT2D eigenvalue weighted by Crippen LogP contribution is 2.35. The first kappa shape index (κ1) is 15.1. The Morgan fingerprint density at radius 3 is 2.95 bits per heavy atom. The van der Waals surface area contributed by atoms with Crippen LogP contribution >= 0.6 is 11.6 Å². The molecule has 1 aromatic heterocycles. The van der Waals surface area contributed by atoms with Crippen molar-refractivity contribution in [3.63, 3.8) is 0 Å². The average molecular weight is 319 g/mol. The van der Waals surface area contributed by atoms with E-state index < -0.39 is 0 Å². The fraction of sp³-hybridized carbons (Fsp3) is 0.412. The summed E-state index contributed by atoms with van der Waals surface area (Å²) in [7, 11) is 0. The molecule has 0 spiro atoms. The van der Waals surface area contributed by atoms with Crippen LogP contribution in [0.4, 0.5) is 0 Å². The minimum absolute atomic E-state index is 0.0814. The molecule has 1 atom stereocenters. The Bertz CT molecular complexity index is 676. The molecule has 1 unspecified atom stereocenters. The largest absolute Gasteiger partial charge is 0.361 e. The standard InChI is InChI=1S/C17H19ClN2O2/c1-11-17(12(2)22-19-11)15-7-4-8-20(15)16(21)10-13-5-3-6-14(18)9-13/h3,5-6,9,15H,4,7-8,10H2,1-2H3. The van der Waals surface area contributed by atoms with E-state index in [1.807, 2.05) is 43.0 Å². The maximum absolute atomic E-state index is 12.7. The number of carbonyl (C=O) groups excluding carboxylic acids is 1. The van der Waals surface area contributed by atoms with Gasteiger partial charge in [-0.25, -0.2) is 0 Å². The molecule has 0 bridgehead atoms. The molecule has 2 heterocycles. The van der Waals surface area contributed by atoms with Crippen LogP contribution in [0, 0.1) is 13.8 Å². The van der Waals surface area contributed by atoms with E-state index in [4.69, 9.17) is 16.1 Å². The number of likely N-dealkylation sites (tertiary alicyclic amines) is 1. The summed E-state index contributed by atoms with van der Waals surface area (Å²) in [5.74, 6) is 0.940. The summed E-state index contributed by atoms with van der Waals surface area (Å²) in [4.78, 5) is 14.6. The van der Waals surface area contributed by atoms with Crippen LogP contribution in [0.25, 0.3) is 0 Å². The van der Waals surface area contributed by atoms with Crippen LogP contribution in [0.5, 0.6) is 0 Å². The number of hydrogen-bond donors (Lipinski definition) is 0. The topological polar surface area (TPSA) is 46.3 Å². The van der Waals surface area contributed by atoms with E-state index in [2.05, 4.69) is 5.16 Å². The lowest BCUT2D eigenvalue weighted by atomic mass is 10.0. The lowest BCUT2D eigenvalue weighted by molar-refractivity contribution is -0.131. The smallest absolute Gasteiger partial charge is 0.227 e. The maximum atomic E-state index is 12.7. The molecule has 22 heavy (non-hydrogen) atoms. The molecule has 3 rings (SSSR count). The van der Waals surface area contributed by atoms with E-state index in [0.29, 0.717) is 11.4 Å². The Kier molecular flexibility index (Phi) is 4.21. The molecule has 0 radical (unpaired) electrons. The van der Waals surface area contributed by atoms with Gasteiger partial charge < -0.3 is 9.42 Å². The summed E-state index contributed by atoms with van der Waals surface area (Å²) in [6.07, 6.45) is 2.35. The van der Waals surface area contributed by atoms with E-state index in [9.17, 15) is 4.79 Å². The van der Waals surface area contributed by atoms with Crippen molar-refractivity contribution < 1.29 is 9.32 Å². The third kappa shape index (κ3) is 2.88. The fourth-order valence-electron chi connectivity index (χ4n) is 3.25. The number of hydrogen-bond acceptors (Lipinski definition) is 3. The van der Waals surface area contributed by atoms with Gasteiger partial charge in [0, 0.05) is 17.1 Å². The van der Waals surface area contributed by atoms with Gasteiger partial charge >= 0.3 is 0 Å². The number of nitrogens with zero attached hydrogens (tertiary/aromatic N) is 2. The summed E-state index contributed by atoms with van der Waals surface area (Å²) in [5.41, 5.74) is 2.89. The molecule has 4 nitrogen and oxygen atoms in total. The van der Waals surface area contributed by atoms with Crippen molar-refractivity contribution in [1.82, 2.24) is 10.1 Å². The lowest BCUT2D eigenvalue weighted by Crippen LogP contribution is -2.32. The molecule has 116 valence electrons. The van der Waals surface area contributed by atoms with Crippen molar-refractivity contribution >= 4 is 17.5 Å². The van der Waals surface area contributed by atoms with Crippen LogP contribution in [-0.4, -0.2) is 22.5 Å². The molecular weight excluding hydrogens is 300 g/mol. The Morgan fingerprint density at radius 2 is 2.27 bits per heavy atom. The monoisotopic (exact) mass is 318 g/mol. The minimum atomic E-state index is 0.0814. The van der Waals surface area contributed by atoms with Crippen LogP contribution in [0.1, 0.15) is 41.5 Å². The summed E-state index contributed by atoms with van der Waals surface area (Å²) in [6.45, 7) is 4.63. The van der Waals surface area contributed by atoms with Gasteiger partial charge in [-0.3, -0.25) is 4.79 Å². The zero-order valence-electron chi connectivity index (χ0n) is 12.8. The van der Waals surface area contributed by atoms with E-state index in [1.165, 1.54) is 0 Å². The van der Waals surface area contributed by atoms with E-state index >= 15 is 0 Å². The number of carbonyl (C=O) groups is 1. The molecule has 0 N–H and O–H groups in total. The third-order valence-electron chi connectivity index (χ3n) is 4.24. The Morgan fingerprint density at radius 1 is 1.45 bits per heavy atom. The van der Waals surface area contributed by atoms with Gasteiger partial charge in [0.1, 0.15) is 5.76 Å². The highest BCUT2D eigenvalue weighted by atomic mass is 35.5. The number of halogens is 1. The summed E-state index contributed by atoms with van der Waals surface area (Å²) < 4.78 is 5.26. The maximum Gasteiger partial charge on any atom is 0.227 e. The molecular formula is C17H19ClN2O2. The first-order valence-electron chi connectivity index (χ1n) is 7.53. The third-order valence-corrected chi connectivity index (χ3v) is 4.47. The second-order valence-corrected chi connectivity index (χ2v) is 6.23. The number of rotatable bonds is 3. The summed E-state index contributed by atoms with van der Waals surface area (Å²) in [5, 5.41) is 4.68. The van der Waals surface area contributed by atoms with E-state index in [1.54, 1.807) is 0 Å². The number of aromatic nitrogens is 1. The van der Waals surface area contributed by atoms with Gasteiger partial charge in [-0.05, 0) is 44.4 Å². The molecule has 0 saturated carbocycles. The van der Waals surface area contributed by atoms with Crippen LogP contribution in [0.2, 0.25) is 5.02 Å². The predicted octanol–water partition coefficient (Wildman–Crippen LogP) is 3.85. The van der Waals surface area contributed by atoms with Crippen LogP contribution in [0.3, 0.4) is 0 Å². The number of amides is 1. The zero-order chi connectivity index (χ0) is 15.7. The van der Waals surface area contributed by atoms with E-state index in [0.717, 1.165) is 42.0 Å². The summed E-state index contributed by atoms with van der Waals surface area (Å²) >= 11 is 5.99. The Labute approximate surface area is 135 Å². The SMILES string of the molecule is Cc1noc(C)c1C1CCCN1C(=O)Cc1cccc(Cl)c1. The molecule has 1 saturated heterocycles. The molecule has 1 aliphatic heterocycles. The van der Waals surface area contributed by atoms with E-state index in [-0.39, 0.29) is 11.9 Å². The van der Waals surface area contributed by atoms with Crippen molar-refractivity contribution in [2.75, 3.05) is 6.54 Å². The van der Waals surface area contributed by atoms with Gasteiger partial charge in [0.05, 0.1) is 18.2 Å². The van der Waals surface area contributed by atoms with Gasteiger partial charge in [0.2, 0.25) is 5.91 Å². The van der Waals surface area contributed by atoms with Crippen LogP contribution in [-0.2, 0) is 11.2 Å². The first-order chi connectivity index (χ1) is 10.6. The van der Waals surface area contributed by atoms with Crippen molar-refractivity contribution in [3.8, 4) is 0 Å². The molecule has 5 heteroatoms. The molecule has 2 aromatic rings. The van der Waals surface area contributed by atoms with Crippen molar-refractivity contribution in [2.24, 2.45) is 0 Å². The molecule has 1 fully saturated rings. The Hall–Kier alpha value is -1.81. The molecule has 0 aliphatic carbocycles. The number of aryl methyl sites for hydroxylation is 2. The Balaban J connectivity index is 1.80. The molecule has 1 aromatic carbocycles. The first-order valence-corrected chi connectivity index (χ1v) is 7.90. The normalized spacial score (nSPS) is 18.0. The highest BCUT2D eigenvalue weighted by Gasteiger charge is 2.33. The van der Waals surface area contributed by atoms with Crippen molar-refractivity contribution in [2.45, 2.75) is 39.2 Å². The fourth-order valence-corrected chi connectivity index (χ4v) is 3.47. The van der Waals surface area contributed by atoms with Crippen LogP contribution < -0.4 is 0 Å². The van der Waals surface area contributed by atoms with Crippen LogP contribution in [0.15, 0.2) is 28.8 Å². The molecule has 1 aliphatic rings. The van der Waals surface area contributed by atoms with Gasteiger partial charge in [0.25, 0.3) is 0 Å². The van der Waals surface area contributed by atoms with Gasteiger partial charge in [-0.15, -0.1) is 0 Å². The minimum Gasteiger partial charge on any atom is -0.361 e. The van der Waals surface area contributed by atoms with Gasteiger partial charge in [-0.1, -0.05) is 28.9 Å². The van der Waals surface area contributed by atoms with Crippen molar-refractivity contribution in [1.29, 1.82) is 0 Å². The predicted molar refractivity (Wildman–Crippen MR) is 84.8 cm³/mol. The second-order valence-electron chi connectivity index (χ2n) is 5.79. The average Bonchev–Trinajstić information content (AvgIpc) is 3.05. The zero-order valence-corrected chi connectivity index (χ0v) is 13.6. The van der Waals surface area contributed by atoms with Gasteiger partial charge in [0.15, 0.2) is 0 Å². The highest BCUT2D eigenvalue weighted by molar-refractivity contribution is 6.30. The quantitative estimate of drug-likeness (QED) is 0.863. The summed E-state index contributed by atoms with van der Waals surface area (Å²) in [6, 6.07) is 7.56. The lowest BCUT2D eigenvalue weighted by Gasteiger charge is -2.25. The number of benzene rings is 1.